The van der Waals surface area contributed by atoms with Crippen molar-refractivity contribution in [1.82, 2.24) is 4.90 Å². The lowest BCUT2D eigenvalue weighted by Crippen LogP contribution is -2.33. The van der Waals surface area contributed by atoms with Crippen molar-refractivity contribution < 1.29 is 4.79 Å². The smallest absolute Gasteiger partial charge is 0.224 e. The minimum absolute atomic E-state index is 0.0975. The first-order valence-corrected chi connectivity index (χ1v) is 8.08. The van der Waals surface area contributed by atoms with Gasteiger partial charge in [0.1, 0.15) is 0 Å². The minimum Gasteiger partial charge on any atom is -0.326 e. The third-order valence-corrected chi connectivity index (χ3v) is 4.88. The van der Waals surface area contributed by atoms with E-state index in [9.17, 15) is 4.79 Å². The topological polar surface area (TPSA) is 58.4 Å². The normalized spacial score (nSPS) is 24.4. The molecule has 2 aliphatic rings. The largest absolute Gasteiger partial charge is 0.326 e. The molecule has 2 atom stereocenters. The van der Waals surface area contributed by atoms with E-state index in [2.05, 4.69) is 10.2 Å². The van der Waals surface area contributed by atoms with Crippen LogP contribution in [-0.2, 0) is 11.3 Å². The van der Waals surface area contributed by atoms with Crippen LogP contribution in [0.2, 0.25) is 0 Å². The number of nitrogens with zero attached hydrogens (tertiary/aromatic N) is 1. The molecule has 3 rings (SSSR count). The zero-order valence-electron chi connectivity index (χ0n) is 12.6. The van der Waals surface area contributed by atoms with Gasteiger partial charge >= 0.3 is 0 Å². The zero-order chi connectivity index (χ0) is 14.7. The molecule has 1 aromatic rings. The van der Waals surface area contributed by atoms with Crippen LogP contribution in [0.3, 0.4) is 0 Å². The summed E-state index contributed by atoms with van der Waals surface area (Å²) in [5, 5.41) is 2.98. The molecule has 1 saturated carbocycles. The second-order valence-electron chi connectivity index (χ2n) is 6.34. The Morgan fingerprint density at radius 2 is 2.19 bits per heavy atom. The molecule has 114 valence electrons. The van der Waals surface area contributed by atoms with Gasteiger partial charge in [0.15, 0.2) is 0 Å². The number of nitrogens with two attached hydrogens (primary N) is 1. The van der Waals surface area contributed by atoms with E-state index in [1.54, 1.807) is 0 Å². The summed E-state index contributed by atoms with van der Waals surface area (Å²) < 4.78 is 0. The Morgan fingerprint density at radius 3 is 2.90 bits per heavy atom. The maximum absolute atomic E-state index is 12.0. The lowest BCUT2D eigenvalue weighted by Gasteiger charge is -2.26. The van der Waals surface area contributed by atoms with E-state index in [0.29, 0.717) is 13.0 Å². The van der Waals surface area contributed by atoms with E-state index in [1.165, 1.54) is 25.8 Å². The average molecular weight is 287 g/mol. The van der Waals surface area contributed by atoms with Gasteiger partial charge < -0.3 is 16.0 Å². The molecule has 2 bridgehead atoms. The summed E-state index contributed by atoms with van der Waals surface area (Å²) in [7, 11) is 0. The summed E-state index contributed by atoms with van der Waals surface area (Å²) in [4.78, 5) is 14.6. The Kier molecular flexibility index (Phi) is 4.56. The number of amides is 1. The molecular formula is C17H25N3O. The summed E-state index contributed by atoms with van der Waals surface area (Å²) in [6, 6.07) is 8.54. The van der Waals surface area contributed by atoms with Gasteiger partial charge in [-0.2, -0.15) is 0 Å². The highest BCUT2D eigenvalue weighted by Gasteiger charge is 2.37. The van der Waals surface area contributed by atoms with Gasteiger partial charge in [0, 0.05) is 31.2 Å². The number of hydrogen-bond donors (Lipinski definition) is 2. The molecule has 0 aromatic heterocycles. The van der Waals surface area contributed by atoms with Crippen molar-refractivity contribution in [2.45, 2.75) is 44.7 Å². The van der Waals surface area contributed by atoms with Gasteiger partial charge in [-0.1, -0.05) is 18.2 Å². The fraction of sp³-hybridized carbons (Fsp3) is 0.588. The fourth-order valence-electron chi connectivity index (χ4n) is 3.78. The van der Waals surface area contributed by atoms with Gasteiger partial charge in [-0.25, -0.2) is 0 Å². The van der Waals surface area contributed by atoms with Crippen LogP contribution in [0, 0.1) is 5.92 Å². The highest BCUT2D eigenvalue weighted by atomic mass is 16.1. The van der Waals surface area contributed by atoms with Crippen LogP contribution in [0.4, 0.5) is 5.69 Å². The lowest BCUT2D eigenvalue weighted by atomic mass is 10.1. The van der Waals surface area contributed by atoms with Gasteiger partial charge in [-0.15, -0.1) is 0 Å². The fourth-order valence-corrected chi connectivity index (χ4v) is 3.78. The van der Waals surface area contributed by atoms with Crippen molar-refractivity contribution in [1.29, 1.82) is 0 Å². The van der Waals surface area contributed by atoms with Gasteiger partial charge in [-0.3, -0.25) is 4.79 Å². The summed E-state index contributed by atoms with van der Waals surface area (Å²) in [6.45, 7) is 2.77. The van der Waals surface area contributed by atoms with Crippen molar-refractivity contribution in [2.24, 2.45) is 11.7 Å². The molecule has 3 N–H and O–H groups in total. The molecule has 2 fully saturated rings. The molecule has 4 heteroatoms. The van der Waals surface area contributed by atoms with Crippen LogP contribution in [0.25, 0.3) is 0 Å². The first-order valence-electron chi connectivity index (χ1n) is 8.08. The summed E-state index contributed by atoms with van der Waals surface area (Å²) in [6.07, 6.45) is 5.70. The number of fused-ring (bicyclic) bond motifs is 2. The molecule has 0 radical (unpaired) electrons. The third-order valence-electron chi connectivity index (χ3n) is 4.88. The molecule has 1 amide bonds. The Bertz CT molecular complexity index is 503. The molecule has 1 aliphatic heterocycles. The van der Waals surface area contributed by atoms with E-state index in [1.807, 2.05) is 24.3 Å². The number of piperidine rings is 1. The second-order valence-corrected chi connectivity index (χ2v) is 6.34. The van der Waals surface area contributed by atoms with Crippen LogP contribution in [0.5, 0.6) is 0 Å². The summed E-state index contributed by atoms with van der Waals surface area (Å²) in [5.74, 6) is 1.03. The molecule has 1 saturated heterocycles. The number of likely N-dealkylation sites (tertiary alicyclic amines) is 1. The van der Waals surface area contributed by atoms with Crippen molar-refractivity contribution in [3.8, 4) is 0 Å². The summed E-state index contributed by atoms with van der Waals surface area (Å²) >= 11 is 0. The maximum atomic E-state index is 12.0. The molecule has 21 heavy (non-hydrogen) atoms. The number of nitrogens with one attached hydrogen (secondary N) is 1. The Balaban J connectivity index is 1.42. The van der Waals surface area contributed by atoms with Gasteiger partial charge in [-0.05, 0) is 49.8 Å². The van der Waals surface area contributed by atoms with Crippen LogP contribution in [0.15, 0.2) is 24.3 Å². The maximum Gasteiger partial charge on any atom is 0.224 e. The quantitative estimate of drug-likeness (QED) is 0.844. The van der Waals surface area contributed by atoms with Gasteiger partial charge in [0.05, 0.1) is 0 Å². The second kappa shape index (κ2) is 6.58. The predicted octanol–water partition coefficient (Wildman–Crippen LogP) is 2.35. The number of carbonyl (C=O) groups excluding carboxylic acids is 1. The van der Waals surface area contributed by atoms with E-state index in [-0.39, 0.29) is 5.91 Å². The van der Waals surface area contributed by atoms with Crippen LogP contribution < -0.4 is 11.1 Å². The number of anilines is 1. The molecule has 0 spiro atoms. The molecule has 4 nitrogen and oxygen atoms in total. The van der Waals surface area contributed by atoms with Crippen molar-refractivity contribution in [3.63, 3.8) is 0 Å². The van der Waals surface area contributed by atoms with E-state index >= 15 is 0 Å². The van der Waals surface area contributed by atoms with Crippen molar-refractivity contribution in [2.75, 3.05) is 18.4 Å². The highest BCUT2D eigenvalue weighted by molar-refractivity contribution is 5.91. The summed E-state index contributed by atoms with van der Waals surface area (Å²) in [5.41, 5.74) is 7.53. The first-order chi connectivity index (χ1) is 10.3. The Hall–Kier alpha value is -1.39. The molecule has 1 aromatic carbocycles. The van der Waals surface area contributed by atoms with Crippen LogP contribution in [-0.4, -0.2) is 29.9 Å². The number of hydrogen-bond acceptors (Lipinski definition) is 3. The Labute approximate surface area is 126 Å². The van der Waals surface area contributed by atoms with E-state index in [4.69, 9.17) is 5.73 Å². The zero-order valence-corrected chi connectivity index (χ0v) is 12.6. The molecule has 1 aliphatic carbocycles. The molecule has 1 heterocycles. The van der Waals surface area contributed by atoms with Gasteiger partial charge in [0.2, 0.25) is 5.91 Å². The molecule has 2 unspecified atom stereocenters. The van der Waals surface area contributed by atoms with Crippen LogP contribution in [0.1, 0.15) is 37.7 Å². The number of carbonyl (C=O) groups is 1. The monoisotopic (exact) mass is 287 g/mol. The van der Waals surface area contributed by atoms with Crippen molar-refractivity contribution in [3.05, 3.63) is 29.8 Å². The van der Waals surface area contributed by atoms with Gasteiger partial charge in [0.25, 0.3) is 0 Å². The van der Waals surface area contributed by atoms with E-state index < -0.39 is 0 Å². The predicted molar refractivity (Wildman–Crippen MR) is 84.9 cm³/mol. The third kappa shape index (κ3) is 3.44. The lowest BCUT2D eigenvalue weighted by molar-refractivity contribution is -0.116. The molecular weight excluding hydrogens is 262 g/mol. The van der Waals surface area contributed by atoms with Crippen molar-refractivity contribution >= 4 is 11.6 Å². The first kappa shape index (κ1) is 14.5. The number of benzene rings is 1. The number of rotatable bonds is 6. The SMILES string of the molecule is NCc1ccccc1NC(=O)CCCN1CC2CCC1C2. The minimum atomic E-state index is 0.0975. The van der Waals surface area contributed by atoms with Crippen LogP contribution >= 0.6 is 0 Å². The van der Waals surface area contributed by atoms with E-state index in [0.717, 1.165) is 36.2 Å². The Morgan fingerprint density at radius 1 is 1.33 bits per heavy atom. The standard InChI is InChI=1S/C17H25N3O/c18-11-14-4-1-2-5-16(14)19-17(21)6-3-9-20-12-13-7-8-15(20)10-13/h1-2,4-5,13,15H,3,6-12,18H2,(H,19,21). The average Bonchev–Trinajstić information content (AvgIpc) is 3.10. The highest BCUT2D eigenvalue weighted by Crippen LogP contribution is 2.37. The number of para-hydroxylation sites is 1.